The van der Waals surface area contributed by atoms with Crippen molar-refractivity contribution in [3.63, 3.8) is 0 Å². The maximum Gasteiger partial charge on any atom is 0.0540 e. The summed E-state index contributed by atoms with van der Waals surface area (Å²) >= 11 is 0. The SMILES string of the molecule is Nc1cccc(C2CCCN(c3cccc(N)c3)NC2)c1. The van der Waals surface area contributed by atoms with Crippen LogP contribution in [0.15, 0.2) is 48.5 Å². The lowest BCUT2D eigenvalue weighted by Gasteiger charge is -2.24. The molecule has 3 rings (SSSR count). The van der Waals surface area contributed by atoms with Gasteiger partial charge in [0.15, 0.2) is 0 Å². The smallest absolute Gasteiger partial charge is 0.0540 e. The number of nitrogen functional groups attached to an aromatic ring is 2. The first-order valence-corrected chi connectivity index (χ1v) is 7.44. The van der Waals surface area contributed by atoms with Crippen molar-refractivity contribution in [2.24, 2.45) is 0 Å². The summed E-state index contributed by atoms with van der Waals surface area (Å²) < 4.78 is 0. The van der Waals surface area contributed by atoms with Gasteiger partial charge in [-0.3, -0.25) is 0 Å². The zero-order valence-electron chi connectivity index (χ0n) is 12.1. The lowest BCUT2D eigenvalue weighted by Crippen LogP contribution is -2.38. The molecule has 5 N–H and O–H groups in total. The highest BCUT2D eigenvalue weighted by Gasteiger charge is 2.18. The Bertz CT molecular complexity index is 558. The molecule has 4 heteroatoms. The number of hydrogen-bond acceptors (Lipinski definition) is 4. The molecule has 2 aromatic carbocycles. The predicted molar refractivity (Wildman–Crippen MR) is 89.0 cm³/mol. The van der Waals surface area contributed by atoms with Crippen LogP contribution < -0.4 is 21.9 Å². The minimum Gasteiger partial charge on any atom is -0.399 e. The van der Waals surface area contributed by atoms with Crippen molar-refractivity contribution in [1.82, 2.24) is 5.43 Å². The molecule has 1 saturated heterocycles. The number of nitrogens with two attached hydrogens (primary N) is 2. The Morgan fingerprint density at radius 1 is 1.00 bits per heavy atom. The van der Waals surface area contributed by atoms with Gasteiger partial charge in [0.05, 0.1) is 5.69 Å². The Morgan fingerprint density at radius 2 is 1.76 bits per heavy atom. The summed E-state index contributed by atoms with van der Waals surface area (Å²) in [5, 5.41) is 2.20. The van der Waals surface area contributed by atoms with Crippen LogP contribution in [0, 0.1) is 0 Å². The molecule has 1 heterocycles. The van der Waals surface area contributed by atoms with E-state index in [1.165, 1.54) is 5.56 Å². The van der Waals surface area contributed by atoms with Crippen molar-refractivity contribution in [3.8, 4) is 0 Å². The normalized spacial score (nSPS) is 19.2. The van der Waals surface area contributed by atoms with Crippen molar-refractivity contribution in [2.45, 2.75) is 18.8 Å². The van der Waals surface area contributed by atoms with Crippen LogP contribution in [0.25, 0.3) is 0 Å². The molecule has 0 spiro atoms. The van der Waals surface area contributed by atoms with E-state index in [1.54, 1.807) is 0 Å². The largest absolute Gasteiger partial charge is 0.399 e. The Labute approximate surface area is 125 Å². The summed E-state index contributed by atoms with van der Waals surface area (Å²) in [6.45, 7) is 1.90. The van der Waals surface area contributed by atoms with Gasteiger partial charge in [-0.2, -0.15) is 0 Å². The number of benzene rings is 2. The molecule has 0 aromatic heterocycles. The molecule has 0 bridgehead atoms. The lowest BCUT2D eigenvalue weighted by atomic mass is 9.94. The van der Waals surface area contributed by atoms with Crippen molar-refractivity contribution < 1.29 is 0 Å². The molecular formula is C17H22N4. The maximum absolute atomic E-state index is 5.89. The van der Waals surface area contributed by atoms with Crippen molar-refractivity contribution in [2.75, 3.05) is 29.6 Å². The Balaban J connectivity index is 1.72. The third kappa shape index (κ3) is 3.28. The van der Waals surface area contributed by atoms with Crippen LogP contribution in [0.3, 0.4) is 0 Å². The number of anilines is 3. The molecule has 21 heavy (non-hydrogen) atoms. The summed E-state index contributed by atoms with van der Waals surface area (Å²) in [6.07, 6.45) is 2.30. The molecule has 1 fully saturated rings. The van der Waals surface area contributed by atoms with Gasteiger partial charge in [0.25, 0.3) is 0 Å². The highest BCUT2D eigenvalue weighted by Crippen LogP contribution is 2.26. The molecule has 0 saturated carbocycles. The van der Waals surface area contributed by atoms with Crippen LogP contribution in [-0.2, 0) is 0 Å². The van der Waals surface area contributed by atoms with Gasteiger partial charge in [-0.15, -0.1) is 0 Å². The van der Waals surface area contributed by atoms with E-state index in [0.29, 0.717) is 5.92 Å². The highest BCUT2D eigenvalue weighted by molar-refractivity contribution is 5.55. The molecule has 1 aliphatic rings. The molecule has 4 nitrogen and oxygen atoms in total. The van der Waals surface area contributed by atoms with E-state index in [0.717, 1.165) is 43.0 Å². The van der Waals surface area contributed by atoms with Crippen LogP contribution in [0.5, 0.6) is 0 Å². The lowest BCUT2D eigenvalue weighted by molar-refractivity contribution is 0.598. The van der Waals surface area contributed by atoms with Gasteiger partial charge in [0.2, 0.25) is 0 Å². The van der Waals surface area contributed by atoms with E-state index in [4.69, 9.17) is 11.5 Å². The third-order valence-electron chi connectivity index (χ3n) is 4.03. The fourth-order valence-corrected chi connectivity index (χ4v) is 2.91. The van der Waals surface area contributed by atoms with Gasteiger partial charge in [-0.05, 0) is 54.7 Å². The van der Waals surface area contributed by atoms with Gasteiger partial charge in [-0.25, -0.2) is 5.43 Å². The van der Waals surface area contributed by atoms with E-state index in [1.807, 2.05) is 30.3 Å². The second-order valence-electron chi connectivity index (χ2n) is 5.62. The number of nitrogens with zero attached hydrogens (tertiary/aromatic N) is 1. The number of rotatable bonds is 2. The molecule has 0 aliphatic carbocycles. The minimum atomic E-state index is 0.500. The van der Waals surface area contributed by atoms with Gasteiger partial charge >= 0.3 is 0 Å². The number of hydrazine groups is 1. The van der Waals surface area contributed by atoms with Gasteiger partial charge in [0, 0.05) is 24.5 Å². The zero-order valence-corrected chi connectivity index (χ0v) is 12.1. The van der Waals surface area contributed by atoms with Gasteiger partial charge < -0.3 is 16.5 Å². The van der Waals surface area contributed by atoms with Crippen LogP contribution in [0.2, 0.25) is 0 Å². The van der Waals surface area contributed by atoms with Crippen LogP contribution in [0.4, 0.5) is 17.1 Å². The van der Waals surface area contributed by atoms with Gasteiger partial charge in [0.1, 0.15) is 0 Å². The average molecular weight is 282 g/mol. The van der Waals surface area contributed by atoms with Crippen LogP contribution in [-0.4, -0.2) is 13.1 Å². The van der Waals surface area contributed by atoms with E-state index in [9.17, 15) is 0 Å². The third-order valence-corrected chi connectivity index (χ3v) is 4.03. The van der Waals surface area contributed by atoms with Crippen molar-refractivity contribution in [1.29, 1.82) is 0 Å². The molecular weight excluding hydrogens is 260 g/mol. The van der Waals surface area contributed by atoms with E-state index in [2.05, 4.69) is 28.6 Å². The van der Waals surface area contributed by atoms with Crippen LogP contribution in [0.1, 0.15) is 24.3 Å². The molecule has 0 radical (unpaired) electrons. The van der Waals surface area contributed by atoms with Crippen LogP contribution >= 0.6 is 0 Å². The fraction of sp³-hybridized carbons (Fsp3) is 0.294. The van der Waals surface area contributed by atoms with E-state index < -0.39 is 0 Å². The Hall–Kier alpha value is -2.20. The molecule has 0 amide bonds. The average Bonchev–Trinajstić information content (AvgIpc) is 2.73. The second-order valence-corrected chi connectivity index (χ2v) is 5.62. The van der Waals surface area contributed by atoms with E-state index >= 15 is 0 Å². The summed E-state index contributed by atoms with van der Waals surface area (Å²) in [5.74, 6) is 0.500. The molecule has 1 atom stereocenters. The number of hydrogen-bond donors (Lipinski definition) is 3. The highest BCUT2D eigenvalue weighted by atomic mass is 15.5. The minimum absolute atomic E-state index is 0.500. The maximum atomic E-state index is 5.89. The predicted octanol–water partition coefficient (Wildman–Crippen LogP) is 2.74. The molecule has 1 aliphatic heterocycles. The summed E-state index contributed by atoms with van der Waals surface area (Å²) in [6, 6.07) is 16.2. The number of nitrogens with one attached hydrogen (secondary N) is 1. The standard InChI is InChI=1S/C17H22N4/c18-15-6-1-4-13(10-15)14-5-3-9-21(20-12-14)17-8-2-7-16(19)11-17/h1-2,4,6-8,10-11,14,20H,3,5,9,12,18-19H2. The van der Waals surface area contributed by atoms with Crippen molar-refractivity contribution >= 4 is 17.1 Å². The summed E-state index contributed by atoms with van der Waals surface area (Å²) in [5.41, 5.74) is 19.4. The topological polar surface area (TPSA) is 67.3 Å². The second kappa shape index (κ2) is 6.06. The monoisotopic (exact) mass is 282 g/mol. The summed E-state index contributed by atoms with van der Waals surface area (Å²) in [4.78, 5) is 0. The first-order chi connectivity index (χ1) is 10.2. The molecule has 110 valence electrons. The Morgan fingerprint density at radius 3 is 2.52 bits per heavy atom. The molecule has 2 aromatic rings. The van der Waals surface area contributed by atoms with Gasteiger partial charge in [-0.1, -0.05) is 18.2 Å². The van der Waals surface area contributed by atoms with Crippen molar-refractivity contribution in [3.05, 3.63) is 54.1 Å². The zero-order chi connectivity index (χ0) is 14.7. The molecule has 1 unspecified atom stereocenters. The first kappa shape index (κ1) is 13.8. The quantitative estimate of drug-likeness (QED) is 0.741. The fourth-order valence-electron chi connectivity index (χ4n) is 2.91. The first-order valence-electron chi connectivity index (χ1n) is 7.44. The Kier molecular flexibility index (Phi) is 3.97. The van der Waals surface area contributed by atoms with E-state index in [-0.39, 0.29) is 0 Å². The summed E-state index contributed by atoms with van der Waals surface area (Å²) in [7, 11) is 0.